The molecular weight excluding hydrogens is 386 g/mol. The summed E-state index contributed by atoms with van der Waals surface area (Å²) in [6, 6.07) is 18.0. The van der Waals surface area contributed by atoms with E-state index >= 15 is 0 Å². The minimum atomic E-state index is -0.0283. The van der Waals surface area contributed by atoms with Gasteiger partial charge in [-0.2, -0.15) is 5.10 Å². The second kappa shape index (κ2) is 9.24. The summed E-state index contributed by atoms with van der Waals surface area (Å²) in [6.45, 7) is 7.12. The molecule has 0 saturated carbocycles. The molecule has 0 aliphatic heterocycles. The van der Waals surface area contributed by atoms with Crippen molar-refractivity contribution in [3.8, 4) is 11.3 Å². The van der Waals surface area contributed by atoms with Gasteiger partial charge in [0.05, 0.1) is 18.0 Å². The number of nitrogens with two attached hydrogens (primary N) is 2. The number of aromatic nitrogens is 4. The van der Waals surface area contributed by atoms with Crippen LogP contribution in [0, 0.1) is 0 Å². The highest BCUT2D eigenvalue weighted by molar-refractivity contribution is 5.90. The maximum Gasteiger partial charge on any atom is 0.162 e. The fourth-order valence-electron chi connectivity index (χ4n) is 3.94. The summed E-state index contributed by atoms with van der Waals surface area (Å²) in [7, 11) is 0. The van der Waals surface area contributed by atoms with E-state index in [-0.39, 0.29) is 6.04 Å². The molecule has 160 valence electrons. The summed E-state index contributed by atoms with van der Waals surface area (Å²) in [6.07, 6.45) is 1.88. The summed E-state index contributed by atoms with van der Waals surface area (Å²) in [4.78, 5) is 12.0. The summed E-state index contributed by atoms with van der Waals surface area (Å²) in [5.41, 5.74) is 16.5. The molecule has 0 amide bonds. The highest BCUT2D eigenvalue weighted by Crippen LogP contribution is 2.29. The second-order valence-corrected chi connectivity index (χ2v) is 7.55. The Balaban J connectivity index is 1.85. The lowest BCUT2D eigenvalue weighted by atomic mass is 10.1. The zero-order chi connectivity index (χ0) is 21.8. The van der Waals surface area contributed by atoms with Crippen molar-refractivity contribution in [2.45, 2.75) is 26.4 Å². The molecule has 4 aromatic rings. The molecule has 7 nitrogen and oxygen atoms in total. The van der Waals surface area contributed by atoms with E-state index in [2.05, 4.69) is 30.9 Å². The van der Waals surface area contributed by atoms with Crippen molar-refractivity contribution >= 4 is 16.7 Å². The molecule has 31 heavy (non-hydrogen) atoms. The molecule has 1 atom stereocenters. The molecule has 2 aromatic carbocycles. The van der Waals surface area contributed by atoms with Gasteiger partial charge in [-0.25, -0.2) is 14.6 Å². The van der Waals surface area contributed by atoms with E-state index in [1.165, 1.54) is 0 Å². The Morgan fingerprint density at radius 2 is 1.71 bits per heavy atom. The maximum atomic E-state index is 6.12. The van der Waals surface area contributed by atoms with Crippen LogP contribution in [0.3, 0.4) is 0 Å². The summed E-state index contributed by atoms with van der Waals surface area (Å²) < 4.78 is 1.96. The Morgan fingerprint density at radius 3 is 2.35 bits per heavy atom. The molecule has 0 spiro atoms. The van der Waals surface area contributed by atoms with Gasteiger partial charge >= 0.3 is 0 Å². The van der Waals surface area contributed by atoms with E-state index in [1.54, 1.807) is 0 Å². The summed E-state index contributed by atoms with van der Waals surface area (Å²) >= 11 is 0. The number of nitrogens with zero attached hydrogens (tertiary/aromatic N) is 5. The number of anilines is 1. The van der Waals surface area contributed by atoms with Crippen molar-refractivity contribution in [2.24, 2.45) is 5.73 Å². The van der Waals surface area contributed by atoms with Gasteiger partial charge < -0.3 is 11.5 Å². The van der Waals surface area contributed by atoms with Crippen LogP contribution in [0.2, 0.25) is 0 Å². The molecular formula is C24H29N7. The van der Waals surface area contributed by atoms with Crippen LogP contribution in [-0.4, -0.2) is 44.3 Å². The normalized spacial score (nSPS) is 12.5. The van der Waals surface area contributed by atoms with E-state index in [9.17, 15) is 0 Å². The van der Waals surface area contributed by atoms with E-state index in [0.29, 0.717) is 13.1 Å². The third-order valence-electron chi connectivity index (χ3n) is 5.64. The second-order valence-electron chi connectivity index (χ2n) is 7.55. The lowest BCUT2D eigenvalue weighted by molar-refractivity contribution is 0.216. The van der Waals surface area contributed by atoms with Gasteiger partial charge in [0.15, 0.2) is 5.65 Å². The van der Waals surface area contributed by atoms with Gasteiger partial charge in [-0.3, -0.25) is 4.90 Å². The van der Waals surface area contributed by atoms with Crippen LogP contribution in [0.1, 0.15) is 31.3 Å². The van der Waals surface area contributed by atoms with Crippen LogP contribution in [0.5, 0.6) is 0 Å². The summed E-state index contributed by atoms with van der Waals surface area (Å²) in [5, 5.41) is 5.84. The van der Waals surface area contributed by atoms with Gasteiger partial charge in [-0.05, 0) is 30.8 Å². The predicted octanol–water partition coefficient (Wildman–Crippen LogP) is 3.47. The Hall–Kier alpha value is -3.29. The van der Waals surface area contributed by atoms with Gasteiger partial charge in [-0.1, -0.05) is 56.3 Å². The standard InChI is InChI=1S/C24H29N7/c1-3-30(4-2)21(14-25)23-27-15-20-22(18-10-12-19(26)13-11-18)29-31(24(20)28-23)16-17-8-6-5-7-9-17/h5-13,15,21H,3-4,14,16,25-26H2,1-2H3. The zero-order valence-corrected chi connectivity index (χ0v) is 18.1. The highest BCUT2D eigenvalue weighted by atomic mass is 15.3. The lowest BCUT2D eigenvalue weighted by Gasteiger charge is -2.27. The van der Waals surface area contributed by atoms with Crippen LogP contribution in [-0.2, 0) is 6.54 Å². The molecule has 0 saturated heterocycles. The minimum Gasteiger partial charge on any atom is -0.399 e. The van der Waals surface area contributed by atoms with Gasteiger partial charge in [-0.15, -0.1) is 0 Å². The molecule has 7 heteroatoms. The van der Waals surface area contributed by atoms with Crippen molar-refractivity contribution in [2.75, 3.05) is 25.4 Å². The number of benzene rings is 2. The molecule has 0 fully saturated rings. The predicted molar refractivity (Wildman–Crippen MR) is 125 cm³/mol. The number of fused-ring (bicyclic) bond motifs is 1. The number of likely N-dealkylation sites (N-methyl/N-ethyl adjacent to an activating group) is 1. The van der Waals surface area contributed by atoms with E-state index < -0.39 is 0 Å². The molecule has 1 unspecified atom stereocenters. The Labute approximate surface area is 182 Å². The van der Waals surface area contributed by atoms with Gasteiger partial charge in [0, 0.05) is 24.0 Å². The third kappa shape index (κ3) is 4.28. The molecule has 0 aliphatic carbocycles. The smallest absolute Gasteiger partial charge is 0.162 e. The van der Waals surface area contributed by atoms with E-state index in [1.807, 2.05) is 53.3 Å². The summed E-state index contributed by atoms with van der Waals surface area (Å²) in [5.74, 6) is 0.733. The molecule has 0 aliphatic rings. The third-order valence-corrected chi connectivity index (χ3v) is 5.64. The molecule has 0 radical (unpaired) electrons. The highest BCUT2D eigenvalue weighted by Gasteiger charge is 2.22. The first-order valence-corrected chi connectivity index (χ1v) is 10.7. The van der Waals surface area contributed by atoms with E-state index in [0.717, 1.165) is 52.5 Å². The zero-order valence-electron chi connectivity index (χ0n) is 18.1. The van der Waals surface area contributed by atoms with Crippen LogP contribution in [0.15, 0.2) is 60.8 Å². The molecule has 0 bridgehead atoms. The largest absolute Gasteiger partial charge is 0.399 e. The van der Waals surface area contributed by atoms with Gasteiger partial charge in [0.25, 0.3) is 0 Å². The number of hydrogen-bond acceptors (Lipinski definition) is 6. The van der Waals surface area contributed by atoms with Crippen molar-refractivity contribution in [3.05, 3.63) is 72.2 Å². The minimum absolute atomic E-state index is 0.0283. The first-order chi connectivity index (χ1) is 15.1. The van der Waals surface area contributed by atoms with Crippen LogP contribution >= 0.6 is 0 Å². The SMILES string of the molecule is CCN(CC)C(CN)c1ncc2c(-c3ccc(N)cc3)nn(Cc3ccccc3)c2n1. The molecule has 2 heterocycles. The Kier molecular flexibility index (Phi) is 6.25. The van der Waals surface area contributed by atoms with Crippen LogP contribution in [0.4, 0.5) is 5.69 Å². The Bertz CT molecular complexity index is 1130. The first-order valence-electron chi connectivity index (χ1n) is 10.7. The molecule has 4 N–H and O–H groups in total. The maximum absolute atomic E-state index is 6.12. The van der Waals surface area contributed by atoms with Crippen LogP contribution in [0.25, 0.3) is 22.3 Å². The van der Waals surface area contributed by atoms with Gasteiger partial charge in [0.1, 0.15) is 11.5 Å². The first kappa shape index (κ1) is 21.0. The number of nitrogen functional groups attached to an aromatic ring is 1. The lowest BCUT2D eigenvalue weighted by Crippen LogP contribution is -2.34. The fraction of sp³-hybridized carbons (Fsp3) is 0.292. The molecule has 2 aromatic heterocycles. The van der Waals surface area contributed by atoms with Crippen molar-refractivity contribution in [1.82, 2.24) is 24.6 Å². The topological polar surface area (TPSA) is 98.9 Å². The van der Waals surface area contributed by atoms with Gasteiger partial charge in [0.2, 0.25) is 0 Å². The van der Waals surface area contributed by atoms with Crippen molar-refractivity contribution < 1.29 is 0 Å². The quantitative estimate of drug-likeness (QED) is 0.428. The van der Waals surface area contributed by atoms with Crippen LogP contribution < -0.4 is 11.5 Å². The van der Waals surface area contributed by atoms with E-state index in [4.69, 9.17) is 26.5 Å². The molecule has 4 rings (SSSR count). The number of rotatable bonds is 8. The van der Waals surface area contributed by atoms with Crippen molar-refractivity contribution in [1.29, 1.82) is 0 Å². The number of hydrogen-bond donors (Lipinski definition) is 2. The average Bonchev–Trinajstić information content (AvgIpc) is 3.16. The monoisotopic (exact) mass is 415 g/mol. The fourth-order valence-corrected chi connectivity index (χ4v) is 3.94. The van der Waals surface area contributed by atoms with Crippen molar-refractivity contribution in [3.63, 3.8) is 0 Å². The Morgan fingerprint density at radius 1 is 1.00 bits per heavy atom. The average molecular weight is 416 g/mol.